The van der Waals surface area contributed by atoms with Gasteiger partial charge in [-0.15, -0.1) is 0 Å². The van der Waals surface area contributed by atoms with Crippen molar-refractivity contribution in [3.05, 3.63) is 56.4 Å². The van der Waals surface area contributed by atoms with Gasteiger partial charge in [-0.05, 0) is 39.7 Å². The van der Waals surface area contributed by atoms with Crippen molar-refractivity contribution in [3.8, 4) is 0 Å². The van der Waals surface area contributed by atoms with Crippen LogP contribution in [0.3, 0.4) is 0 Å². The molecular weight excluding hydrogens is 327 g/mol. The van der Waals surface area contributed by atoms with Crippen molar-refractivity contribution in [1.82, 2.24) is 0 Å². The summed E-state index contributed by atoms with van der Waals surface area (Å²) in [7, 11) is 0. The molecule has 2 nitrogen and oxygen atoms in total. The highest BCUT2D eigenvalue weighted by Gasteiger charge is 2.16. The Morgan fingerprint density at radius 2 is 2.06 bits per heavy atom. The SMILES string of the molecule is OC(Cc1ccc(Cl)cc1Cl)c1occc1Br. The minimum atomic E-state index is -0.738. The van der Waals surface area contributed by atoms with E-state index in [-0.39, 0.29) is 0 Å². The molecule has 1 N–H and O–H groups in total. The fraction of sp³-hybridized carbons (Fsp3) is 0.167. The third-order valence-electron chi connectivity index (χ3n) is 2.38. The van der Waals surface area contributed by atoms with Gasteiger partial charge in [0.15, 0.2) is 0 Å². The van der Waals surface area contributed by atoms with Crippen LogP contribution in [0.5, 0.6) is 0 Å². The van der Waals surface area contributed by atoms with Gasteiger partial charge in [0.1, 0.15) is 11.9 Å². The Kier molecular flexibility index (Phi) is 4.15. The van der Waals surface area contributed by atoms with Crippen molar-refractivity contribution in [2.24, 2.45) is 0 Å². The molecule has 0 bridgehead atoms. The number of rotatable bonds is 3. The summed E-state index contributed by atoms with van der Waals surface area (Å²) in [6.45, 7) is 0. The molecule has 0 radical (unpaired) electrons. The predicted molar refractivity (Wildman–Crippen MR) is 71.5 cm³/mol. The zero-order chi connectivity index (χ0) is 12.4. The van der Waals surface area contributed by atoms with Crippen LogP contribution in [0.1, 0.15) is 17.4 Å². The zero-order valence-electron chi connectivity index (χ0n) is 8.66. The molecule has 5 heteroatoms. The highest BCUT2D eigenvalue weighted by molar-refractivity contribution is 9.10. The van der Waals surface area contributed by atoms with Crippen LogP contribution >= 0.6 is 39.1 Å². The summed E-state index contributed by atoms with van der Waals surface area (Å²) in [5.41, 5.74) is 0.826. The van der Waals surface area contributed by atoms with Crippen molar-refractivity contribution < 1.29 is 9.52 Å². The second kappa shape index (κ2) is 5.44. The monoisotopic (exact) mass is 334 g/mol. The van der Waals surface area contributed by atoms with Gasteiger partial charge in [-0.25, -0.2) is 0 Å². The fourth-order valence-corrected chi connectivity index (χ4v) is 2.48. The van der Waals surface area contributed by atoms with E-state index in [9.17, 15) is 5.11 Å². The first-order chi connectivity index (χ1) is 8.08. The first kappa shape index (κ1) is 13.0. The van der Waals surface area contributed by atoms with Crippen molar-refractivity contribution in [2.75, 3.05) is 0 Å². The maximum atomic E-state index is 10.0. The molecule has 0 aliphatic carbocycles. The molecule has 2 rings (SSSR count). The lowest BCUT2D eigenvalue weighted by Crippen LogP contribution is -2.01. The van der Waals surface area contributed by atoms with Gasteiger partial charge in [0.05, 0.1) is 10.7 Å². The second-order valence-electron chi connectivity index (χ2n) is 3.59. The van der Waals surface area contributed by atoms with Gasteiger partial charge in [-0.2, -0.15) is 0 Å². The lowest BCUT2D eigenvalue weighted by molar-refractivity contribution is 0.149. The van der Waals surface area contributed by atoms with E-state index in [4.69, 9.17) is 27.6 Å². The van der Waals surface area contributed by atoms with Crippen LogP contribution in [0.2, 0.25) is 10.0 Å². The number of aliphatic hydroxyl groups is 1. The fourth-order valence-electron chi connectivity index (χ4n) is 1.53. The van der Waals surface area contributed by atoms with Crippen LogP contribution in [0.4, 0.5) is 0 Å². The lowest BCUT2D eigenvalue weighted by atomic mass is 10.1. The van der Waals surface area contributed by atoms with Gasteiger partial charge in [0.25, 0.3) is 0 Å². The maximum Gasteiger partial charge on any atom is 0.146 e. The quantitative estimate of drug-likeness (QED) is 0.887. The van der Waals surface area contributed by atoms with Crippen LogP contribution in [0.25, 0.3) is 0 Å². The molecule has 2 aromatic rings. The molecule has 0 spiro atoms. The lowest BCUT2D eigenvalue weighted by Gasteiger charge is -2.10. The average molecular weight is 336 g/mol. The Morgan fingerprint density at radius 3 is 2.65 bits per heavy atom. The predicted octanol–water partition coefficient (Wildman–Crippen LogP) is 4.63. The molecule has 1 atom stereocenters. The van der Waals surface area contributed by atoms with E-state index < -0.39 is 6.10 Å². The van der Waals surface area contributed by atoms with Crippen molar-refractivity contribution in [3.63, 3.8) is 0 Å². The van der Waals surface area contributed by atoms with Gasteiger partial charge in [0, 0.05) is 16.5 Å². The van der Waals surface area contributed by atoms with Gasteiger partial charge in [0.2, 0.25) is 0 Å². The van der Waals surface area contributed by atoms with Crippen molar-refractivity contribution in [1.29, 1.82) is 0 Å². The van der Waals surface area contributed by atoms with Gasteiger partial charge < -0.3 is 9.52 Å². The third kappa shape index (κ3) is 3.05. The number of aliphatic hydroxyl groups excluding tert-OH is 1. The van der Waals surface area contributed by atoms with E-state index in [1.54, 1.807) is 24.3 Å². The Hall–Kier alpha value is -0.480. The van der Waals surface area contributed by atoms with E-state index in [1.807, 2.05) is 0 Å². The molecular formula is C12H9BrCl2O2. The van der Waals surface area contributed by atoms with Crippen LogP contribution in [-0.4, -0.2) is 5.11 Å². The molecule has 1 unspecified atom stereocenters. The number of halogens is 3. The number of furan rings is 1. The van der Waals surface area contributed by atoms with Crippen LogP contribution in [0, 0.1) is 0 Å². The van der Waals surface area contributed by atoms with E-state index in [2.05, 4.69) is 15.9 Å². The molecule has 1 aromatic heterocycles. The van der Waals surface area contributed by atoms with Crippen molar-refractivity contribution >= 4 is 39.1 Å². The minimum absolute atomic E-state index is 0.377. The third-order valence-corrected chi connectivity index (χ3v) is 3.62. The van der Waals surface area contributed by atoms with Crippen LogP contribution in [-0.2, 0) is 6.42 Å². The molecule has 1 aromatic carbocycles. The molecule has 0 saturated carbocycles. The Bertz CT molecular complexity index is 525. The Labute approximate surface area is 117 Å². The molecule has 0 aliphatic heterocycles. The molecule has 0 aliphatic rings. The molecule has 0 amide bonds. The summed E-state index contributed by atoms with van der Waals surface area (Å²) in [4.78, 5) is 0. The Balaban J connectivity index is 2.19. The summed E-state index contributed by atoms with van der Waals surface area (Å²) in [6, 6.07) is 6.93. The van der Waals surface area contributed by atoms with E-state index >= 15 is 0 Å². The summed E-state index contributed by atoms with van der Waals surface area (Å²) in [6.07, 6.45) is 1.16. The smallest absolute Gasteiger partial charge is 0.146 e. The normalized spacial score (nSPS) is 12.7. The standard InChI is InChI=1S/C12H9BrCl2O2/c13-9-3-4-17-12(9)11(16)5-7-1-2-8(14)6-10(7)15/h1-4,6,11,16H,5H2. The molecule has 0 saturated heterocycles. The van der Waals surface area contributed by atoms with E-state index in [0.717, 1.165) is 10.0 Å². The summed E-state index contributed by atoms with van der Waals surface area (Å²) < 4.78 is 5.94. The van der Waals surface area contributed by atoms with Gasteiger partial charge >= 0.3 is 0 Å². The second-order valence-corrected chi connectivity index (χ2v) is 5.29. The number of hydrogen-bond donors (Lipinski definition) is 1. The molecule has 1 heterocycles. The summed E-state index contributed by atoms with van der Waals surface area (Å²) in [5.74, 6) is 0.496. The van der Waals surface area contributed by atoms with Crippen molar-refractivity contribution in [2.45, 2.75) is 12.5 Å². The minimum Gasteiger partial charge on any atom is -0.465 e. The average Bonchev–Trinajstić information content (AvgIpc) is 2.68. The Morgan fingerprint density at radius 1 is 1.29 bits per heavy atom. The molecule has 0 fully saturated rings. The topological polar surface area (TPSA) is 33.4 Å². The van der Waals surface area contributed by atoms with Crippen LogP contribution < -0.4 is 0 Å². The highest BCUT2D eigenvalue weighted by atomic mass is 79.9. The first-order valence-electron chi connectivity index (χ1n) is 4.93. The largest absolute Gasteiger partial charge is 0.465 e. The first-order valence-corrected chi connectivity index (χ1v) is 6.47. The number of benzene rings is 1. The van der Waals surface area contributed by atoms with Gasteiger partial charge in [-0.3, -0.25) is 0 Å². The van der Waals surface area contributed by atoms with Crippen LogP contribution in [0.15, 0.2) is 39.4 Å². The van der Waals surface area contributed by atoms with E-state index in [1.165, 1.54) is 6.26 Å². The summed E-state index contributed by atoms with van der Waals surface area (Å²) in [5, 5.41) is 11.1. The highest BCUT2D eigenvalue weighted by Crippen LogP contribution is 2.30. The summed E-state index contributed by atoms with van der Waals surface area (Å²) >= 11 is 15.1. The zero-order valence-corrected chi connectivity index (χ0v) is 11.8. The van der Waals surface area contributed by atoms with E-state index in [0.29, 0.717) is 22.2 Å². The molecule has 17 heavy (non-hydrogen) atoms. The number of hydrogen-bond acceptors (Lipinski definition) is 2. The van der Waals surface area contributed by atoms with Gasteiger partial charge in [-0.1, -0.05) is 29.3 Å². The maximum absolute atomic E-state index is 10.0. The molecule has 90 valence electrons.